The molecule has 0 amide bonds. The van der Waals surface area contributed by atoms with Gasteiger partial charge in [-0.2, -0.15) is 0 Å². The third kappa shape index (κ3) is 4.61. The molecule has 0 bridgehead atoms. The summed E-state index contributed by atoms with van der Waals surface area (Å²) >= 11 is 1.84. The fourth-order valence-electron chi connectivity index (χ4n) is 7.24. The van der Waals surface area contributed by atoms with Crippen molar-refractivity contribution >= 4 is 63.8 Å². The van der Waals surface area contributed by atoms with Gasteiger partial charge in [0.1, 0.15) is 0 Å². The Bertz CT molecular complexity index is 2890. The molecule has 49 heavy (non-hydrogen) atoms. The highest BCUT2D eigenvalue weighted by Crippen LogP contribution is 2.42. The number of hydrogen-bond donors (Lipinski definition) is 0. The number of aromatic nitrogens is 3. The minimum absolute atomic E-state index is 0.648. The van der Waals surface area contributed by atoms with E-state index in [0.717, 1.165) is 38.4 Å². The van der Waals surface area contributed by atoms with Crippen LogP contribution in [0.15, 0.2) is 164 Å². The molecule has 0 aliphatic rings. The lowest BCUT2D eigenvalue weighted by atomic mass is 9.93. The standard InChI is InChI=1S/C45H27N3S/c1-2-13-29(14-3-1)43-46-44(32-17-10-16-30(26-32)34-21-11-23-40-41(34)37-20-8-9-22-39(37)49-40)48-45(47-43)42-35-19-7-5-15-31(35)27-38-33-18-6-4-12-28(33)24-25-36(38)42/h1-27H. The molecule has 0 radical (unpaired) electrons. The molecule has 0 aliphatic carbocycles. The fraction of sp³-hybridized carbons (Fsp3) is 0. The molecular formula is C45H27N3S. The first kappa shape index (κ1) is 27.8. The van der Waals surface area contributed by atoms with E-state index in [4.69, 9.17) is 15.0 Å². The molecule has 0 aliphatic heterocycles. The van der Waals surface area contributed by atoms with Crippen LogP contribution in [0.1, 0.15) is 0 Å². The third-order valence-electron chi connectivity index (χ3n) is 9.50. The third-order valence-corrected chi connectivity index (χ3v) is 10.6. The Balaban J connectivity index is 1.24. The Morgan fingerprint density at radius 3 is 1.86 bits per heavy atom. The number of benzene rings is 8. The Morgan fingerprint density at radius 1 is 0.347 bits per heavy atom. The molecule has 0 unspecified atom stereocenters. The molecule has 10 rings (SSSR count). The van der Waals surface area contributed by atoms with Crippen molar-refractivity contribution in [3.8, 4) is 45.3 Å². The molecule has 3 nitrogen and oxygen atoms in total. The highest BCUT2D eigenvalue weighted by atomic mass is 32.1. The zero-order valence-electron chi connectivity index (χ0n) is 26.3. The summed E-state index contributed by atoms with van der Waals surface area (Å²) in [6.45, 7) is 0. The van der Waals surface area contributed by atoms with Crippen molar-refractivity contribution in [1.29, 1.82) is 0 Å². The Morgan fingerprint density at radius 2 is 0.980 bits per heavy atom. The summed E-state index contributed by atoms with van der Waals surface area (Å²) in [5.41, 5.74) is 5.27. The quantitative estimate of drug-likeness (QED) is 0.142. The largest absolute Gasteiger partial charge is 0.208 e. The van der Waals surface area contributed by atoms with Gasteiger partial charge in [0.05, 0.1) is 0 Å². The normalized spacial score (nSPS) is 11.7. The number of thiophene rings is 1. The summed E-state index contributed by atoms with van der Waals surface area (Å²) in [5, 5.41) is 9.58. The lowest BCUT2D eigenvalue weighted by Gasteiger charge is -2.15. The van der Waals surface area contributed by atoms with E-state index in [2.05, 4.69) is 146 Å². The van der Waals surface area contributed by atoms with Crippen molar-refractivity contribution in [2.24, 2.45) is 0 Å². The van der Waals surface area contributed by atoms with Crippen molar-refractivity contribution in [2.45, 2.75) is 0 Å². The van der Waals surface area contributed by atoms with E-state index >= 15 is 0 Å². The van der Waals surface area contributed by atoms with Gasteiger partial charge in [-0.1, -0.05) is 140 Å². The zero-order chi connectivity index (χ0) is 32.3. The molecule has 0 atom stereocenters. The lowest BCUT2D eigenvalue weighted by Crippen LogP contribution is -2.01. The van der Waals surface area contributed by atoms with Crippen molar-refractivity contribution < 1.29 is 0 Å². The summed E-state index contributed by atoms with van der Waals surface area (Å²) in [6.07, 6.45) is 0. The molecule has 10 aromatic rings. The van der Waals surface area contributed by atoms with Gasteiger partial charge in [-0.05, 0) is 67.7 Å². The van der Waals surface area contributed by atoms with E-state index in [1.165, 1.54) is 41.9 Å². The summed E-state index contributed by atoms with van der Waals surface area (Å²) in [5.74, 6) is 1.96. The van der Waals surface area contributed by atoms with Gasteiger partial charge >= 0.3 is 0 Å². The van der Waals surface area contributed by atoms with E-state index < -0.39 is 0 Å². The molecule has 8 aromatic carbocycles. The molecule has 4 heteroatoms. The summed E-state index contributed by atoms with van der Waals surface area (Å²) in [4.78, 5) is 15.6. The number of rotatable bonds is 4. The van der Waals surface area contributed by atoms with Crippen molar-refractivity contribution in [1.82, 2.24) is 15.0 Å². The summed E-state index contributed by atoms with van der Waals surface area (Å²) < 4.78 is 2.58. The van der Waals surface area contributed by atoms with Crippen LogP contribution in [0.3, 0.4) is 0 Å². The minimum atomic E-state index is 0.648. The fourth-order valence-corrected chi connectivity index (χ4v) is 8.37. The topological polar surface area (TPSA) is 38.7 Å². The van der Waals surface area contributed by atoms with Crippen LogP contribution >= 0.6 is 11.3 Å². The molecule has 0 saturated carbocycles. The SMILES string of the molecule is c1ccc(-c2nc(-c3cccc(-c4cccc5sc6ccccc6c45)c3)nc(-c3c4ccccc4cc4c3ccc3ccccc34)n2)cc1. The van der Waals surface area contributed by atoms with Crippen molar-refractivity contribution in [2.75, 3.05) is 0 Å². The van der Waals surface area contributed by atoms with E-state index in [1.807, 2.05) is 29.5 Å². The lowest BCUT2D eigenvalue weighted by molar-refractivity contribution is 1.08. The molecule has 0 N–H and O–H groups in total. The molecule has 2 heterocycles. The predicted molar refractivity (Wildman–Crippen MR) is 207 cm³/mol. The van der Waals surface area contributed by atoms with E-state index in [9.17, 15) is 0 Å². The second-order valence-corrected chi connectivity index (χ2v) is 13.5. The van der Waals surface area contributed by atoms with Crippen molar-refractivity contribution in [3.63, 3.8) is 0 Å². The van der Waals surface area contributed by atoms with Crippen LogP contribution in [0.25, 0.3) is 97.8 Å². The summed E-state index contributed by atoms with van der Waals surface area (Å²) in [7, 11) is 0. The van der Waals surface area contributed by atoms with Crippen molar-refractivity contribution in [3.05, 3.63) is 164 Å². The number of hydrogen-bond acceptors (Lipinski definition) is 4. The maximum atomic E-state index is 5.30. The van der Waals surface area contributed by atoms with Crippen LogP contribution in [0, 0.1) is 0 Å². The van der Waals surface area contributed by atoms with Crippen LogP contribution in [0.4, 0.5) is 0 Å². The summed E-state index contributed by atoms with van der Waals surface area (Å²) in [6, 6.07) is 58.0. The highest BCUT2D eigenvalue weighted by Gasteiger charge is 2.19. The first-order valence-electron chi connectivity index (χ1n) is 16.4. The molecule has 228 valence electrons. The highest BCUT2D eigenvalue weighted by molar-refractivity contribution is 7.25. The predicted octanol–water partition coefficient (Wildman–Crippen LogP) is 12.4. The smallest absolute Gasteiger partial charge is 0.165 e. The molecule has 2 aromatic heterocycles. The Kier molecular flexibility index (Phi) is 6.36. The van der Waals surface area contributed by atoms with E-state index in [0.29, 0.717) is 17.5 Å². The second-order valence-electron chi connectivity index (χ2n) is 12.4. The molecule has 0 spiro atoms. The Labute approximate surface area is 286 Å². The van der Waals surface area contributed by atoms with Crippen LogP contribution in [0.2, 0.25) is 0 Å². The number of fused-ring (bicyclic) bond motifs is 7. The molecule has 0 saturated heterocycles. The van der Waals surface area contributed by atoms with Gasteiger partial charge < -0.3 is 0 Å². The van der Waals surface area contributed by atoms with Crippen LogP contribution in [0.5, 0.6) is 0 Å². The average Bonchev–Trinajstić information content (AvgIpc) is 3.56. The van der Waals surface area contributed by atoms with Gasteiger partial charge in [0, 0.05) is 36.9 Å². The van der Waals surface area contributed by atoms with Crippen LogP contribution in [-0.2, 0) is 0 Å². The maximum Gasteiger partial charge on any atom is 0.165 e. The van der Waals surface area contributed by atoms with E-state index in [1.54, 1.807) is 0 Å². The van der Waals surface area contributed by atoms with Gasteiger partial charge in [0.15, 0.2) is 17.5 Å². The monoisotopic (exact) mass is 641 g/mol. The van der Waals surface area contributed by atoms with Gasteiger partial charge in [-0.3, -0.25) is 0 Å². The first-order valence-corrected chi connectivity index (χ1v) is 17.3. The maximum absolute atomic E-state index is 5.30. The Hall–Kier alpha value is -6.23. The minimum Gasteiger partial charge on any atom is -0.208 e. The number of nitrogens with zero attached hydrogens (tertiary/aromatic N) is 3. The van der Waals surface area contributed by atoms with Crippen LogP contribution in [-0.4, -0.2) is 15.0 Å². The first-order chi connectivity index (χ1) is 24.3. The van der Waals surface area contributed by atoms with Crippen LogP contribution < -0.4 is 0 Å². The van der Waals surface area contributed by atoms with Gasteiger partial charge in [-0.15, -0.1) is 11.3 Å². The van der Waals surface area contributed by atoms with Gasteiger partial charge in [-0.25, -0.2) is 15.0 Å². The zero-order valence-corrected chi connectivity index (χ0v) is 27.2. The molecular weight excluding hydrogens is 615 g/mol. The molecule has 0 fully saturated rings. The van der Waals surface area contributed by atoms with E-state index in [-0.39, 0.29) is 0 Å². The average molecular weight is 642 g/mol. The van der Waals surface area contributed by atoms with Gasteiger partial charge in [0.25, 0.3) is 0 Å². The van der Waals surface area contributed by atoms with Gasteiger partial charge in [0.2, 0.25) is 0 Å². The second kappa shape index (κ2) is 11.2.